The predicted molar refractivity (Wildman–Crippen MR) is 224 cm³/mol. The Bertz CT molecular complexity index is 1520. The Morgan fingerprint density at radius 1 is 0.306 bits per heavy atom. The van der Waals surface area contributed by atoms with Crippen molar-refractivity contribution in [2.75, 3.05) is 12.3 Å². The Kier molecular flexibility index (Phi) is 11.0. The van der Waals surface area contributed by atoms with Crippen LogP contribution in [0.4, 0.5) is 0 Å². The van der Waals surface area contributed by atoms with E-state index in [4.69, 9.17) is 0 Å². The van der Waals surface area contributed by atoms with Crippen LogP contribution in [0.5, 0.6) is 0 Å². The summed E-state index contributed by atoms with van der Waals surface area (Å²) in [6, 6.07) is 68.5. The fourth-order valence-corrected chi connectivity index (χ4v) is 19.1. The van der Waals surface area contributed by atoms with Gasteiger partial charge in [0.2, 0.25) is 0 Å². The number of hydrogen-bond donors (Lipinski definition) is 0. The first-order valence-electron chi connectivity index (χ1n) is 18.1. The molecule has 0 N–H and O–H groups in total. The molecule has 0 heterocycles. The van der Waals surface area contributed by atoms with Gasteiger partial charge in [-0.1, -0.05) is 0 Å². The second-order valence-corrected chi connectivity index (χ2v) is 23.6. The fraction of sp³-hybridized carbons (Fsp3) is 0.234. The van der Waals surface area contributed by atoms with Gasteiger partial charge in [0.05, 0.1) is 0 Å². The summed E-state index contributed by atoms with van der Waals surface area (Å²) in [5, 5.41) is 9.04. The topological polar surface area (TPSA) is 0 Å². The van der Waals surface area contributed by atoms with Gasteiger partial charge in [-0.2, -0.15) is 0 Å². The van der Waals surface area contributed by atoms with Crippen molar-refractivity contribution in [1.29, 1.82) is 0 Å². The van der Waals surface area contributed by atoms with E-state index < -0.39 is 14.5 Å². The van der Waals surface area contributed by atoms with Crippen LogP contribution in [0.1, 0.15) is 47.0 Å². The average molecular weight is 681 g/mol. The van der Waals surface area contributed by atoms with Crippen LogP contribution >= 0.6 is 14.5 Å². The molecule has 6 aromatic carbocycles. The van der Waals surface area contributed by atoms with Crippen LogP contribution in [0.2, 0.25) is 0 Å². The Morgan fingerprint density at radius 2 is 0.490 bits per heavy atom. The van der Waals surface area contributed by atoms with E-state index in [1.807, 2.05) is 0 Å². The molecule has 0 atom stereocenters. The molecule has 0 radical (unpaired) electrons. The summed E-state index contributed by atoms with van der Waals surface area (Å²) in [7, 11) is -4.57. The summed E-state index contributed by atoms with van der Waals surface area (Å²) in [5.74, 6) is 0. The van der Waals surface area contributed by atoms with Gasteiger partial charge in [-0.15, -0.1) is 0 Å². The van der Waals surface area contributed by atoms with Crippen LogP contribution in [0.3, 0.4) is 0 Å². The quantitative estimate of drug-likeness (QED) is 0.101. The molecule has 0 aromatic heterocycles. The summed E-state index contributed by atoms with van der Waals surface area (Å²) in [5.41, 5.74) is 0.354. The fourth-order valence-electron chi connectivity index (χ4n) is 8.73. The van der Waals surface area contributed by atoms with Gasteiger partial charge in [0.1, 0.15) is 0 Å². The first-order chi connectivity index (χ1) is 23.8. The van der Waals surface area contributed by atoms with Crippen molar-refractivity contribution in [1.82, 2.24) is 0 Å². The normalized spacial score (nSPS) is 13.1. The van der Waals surface area contributed by atoms with E-state index in [2.05, 4.69) is 210 Å². The molecule has 0 nitrogen and oxygen atoms in total. The van der Waals surface area contributed by atoms with Gasteiger partial charge in [0, 0.05) is 0 Å². The molecule has 2 heteroatoms. The Hall–Kier alpha value is -3.82. The van der Waals surface area contributed by atoms with Crippen molar-refractivity contribution < 1.29 is 0 Å². The monoisotopic (exact) mass is 680 g/mol. The van der Waals surface area contributed by atoms with E-state index in [0.29, 0.717) is 0 Å². The minimum atomic E-state index is -2.28. The van der Waals surface area contributed by atoms with Crippen molar-refractivity contribution in [3.8, 4) is 0 Å². The maximum absolute atomic E-state index is 2.53. The zero-order valence-electron chi connectivity index (χ0n) is 29.9. The molecule has 0 bridgehead atoms. The van der Waals surface area contributed by atoms with E-state index >= 15 is 0 Å². The van der Waals surface area contributed by atoms with E-state index in [1.165, 1.54) is 63.4 Å². The second kappa shape index (κ2) is 15.4. The van der Waals surface area contributed by atoms with Crippen LogP contribution in [0.15, 0.2) is 182 Å². The molecule has 0 aliphatic carbocycles. The molecule has 0 aliphatic rings. The van der Waals surface area contributed by atoms with Crippen molar-refractivity contribution in [3.05, 3.63) is 182 Å². The molecule has 0 saturated carbocycles. The van der Waals surface area contributed by atoms with Crippen LogP contribution in [0.25, 0.3) is 0 Å². The summed E-state index contributed by atoms with van der Waals surface area (Å²) in [4.78, 5) is 0. The third-order valence-corrected chi connectivity index (χ3v) is 20.8. The molecule has 0 aliphatic heterocycles. The van der Waals surface area contributed by atoms with Crippen LogP contribution in [0, 0.1) is 10.8 Å². The third-order valence-electron chi connectivity index (χ3n) is 10.9. The van der Waals surface area contributed by atoms with Gasteiger partial charge in [-0.05, 0) is 0 Å². The molecule has 6 rings (SSSR count). The van der Waals surface area contributed by atoms with Crippen molar-refractivity contribution in [2.45, 2.75) is 47.0 Å². The number of rotatable bonds is 14. The number of benzene rings is 6. The average Bonchev–Trinajstić information content (AvgIpc) is 3.14. The molecule has 0 spiro atoms. The van der Waals surface area contributed by atoms with Gasteiger partial charge in [-0.3, -0.25) is 0 Å². The first kappa shape index (κ1) is 35.0. The van der Waals surface area contributed by atoms with Crippen molar-refractivity contribution in [2.24, 2.45) is 10.8 Å². The van der Waals surface area contributed by atoms with E-state index in [-0.39, 0.29) is 10.8 Å². The van der Waals surface area contributed by atoms with Gasteiger partial charge in [0.15, 0.2) is 0 Å². The summed E-state index contributed by atoms with van der Waals surface area (Å²) >= 11 is 0. The predicted octanol–water partition coefficient (Wildman–Crippen LogP) is 9.66. The second-order valence-electron chi connectivity index (χ2n) is 15.5. The van der Waals surface area contributed by atoms with E-state index in [9.17, 15) is 0 Å². The van der Waals surface area contributed by atoms with Crippen LogP contribution in [-0.2, 0) is 0 Å². The molecule has 0 unspecified atom stereocenters. The summed E-state index contributed by atoms with van der Waals surface area (Å²) < 4.78 is 0. The molecule has 6 aromatic rings. The Balaban J connectivity index is 1.31. The molecule has 0 amide bonds. The van der Waals surface area contributed by atoms with Gasteiger partial charge < -0.3 is 0 Å². The van der Waals surface area contributed by atoms with Gasteiger partial charge in [-0.25, -0.2) is 0 Å². The van der Waals surface area contributed by atoms with Gasteiger partial charge in [0.25, 0.3) is 0 Å². The molecule has 49 heavy (non-hydrogen) atoms. The minimum absolute atomic E-state index is 0.177. The molecule has 252 valence electrons. The molecule has 0 fully saturated rings. The maximum atomic E-state index is 2.53. The standard InChI is InChI=1S/C47H54P2/c1-46(2,35-37-48(40-23-11-5-12-24-40,41-25-13-6-14-26-41)42-27-15-7-16-28-42)39-47(3,4)36-38-49(43-29-17-8-18-30-43,44-31-19-9-20-32-44)45-33-21-10-22-34-45/h5-34,48-49H,35-39H2,1-4H3. The number of hydrogen-bond acceptors (Lipinski definition) is 0. The van der Waals surface area contributed by atoms with Crippen molar-refractivity contribution in [3.63, 3.8) is 0 Å². The zero-order valence-corrected chi connectivity index (χ0v) is 31.9. The van der Waals surface area contributed by atoms with E-state index in [1.54, 1.807) is 0 Å². The zero-order chi connectivity index (χ0) is 34.2. The van der Waals surface area contributed by atoms with Crippen molar-refractivity contribution >= 4 is 46.4 Å². The van der Waals surface area contributed by atoms with E-state index in [0.717, 1.165) is 0 Å². The van der Waals surface area contributed by atoms with Gasteiger partial charge >= 0.3 is 298 Å². The molecular weight excluding hydrogens is 626 g/mol. The first-order valence-corrected chi connectivity index (χ1v) is 22.5. The Morgan fingerprint density at radius 3 is 0.673 bits per heavy atom. The third kappa shape index (κ3) is 7.83. The molecule has 0 saturated heterocycles. The SMILES string of the molecule is CC(C)(CC[PH](c1ccccc1)(c1ccccc1)c1ccccc1)CC(C)(C)CC[PH](c1ccccc1)(c1ccccc1)c1ccccc1. The van der Waals surface area contributed by atoms with Crippen LogP contribution in [-0.4, -0.2) is 12.3 Å². The summed E-state index contributed by atoms with van der Waals surface area (Å²) in [6.45, 7) is 10.1. The summed E-state index contributed by atoms with van der Waals surface area (Å²) in [6.07, 6.45) is 5.92. The molecular formula is C47H54P2. The Labute approximate surface area is 297 Å². The van der Waals surface area contributed by atoms with Crippen LogP contribution < -0.4 is 31.8 Å².